The molecule has 0 radical (unpaired) electrons. The van der Waals surface area contributed by atoms with Gasteiger partial charge in [0.2, 0.25) is 5.88 Å². The molecule has 1 atom stereocenters. The van der Waals surface area contributed by atoms with Gasteiger partial charge in [-0.3, -0.25) is 0 Å². The van der Waals surface area contributed by atoms with Gasteiger partial charge in [0, 0.05) is 18.8 Å². The average molecular weight is 295 g/mol. The molecule has 0 fully saturated rings. The molecule has 2 amide bonds. The Balaban J connectivity index is 2.50. The smallest absolute Gasteiger partial charge is 0.326 e. The van der Waals surface area contributed by atoms with Crippen LogP contribution in [0.4, 0.5) is 4.79 Å². The Bertz CT molecular complexity index is 491. The molecule has 0 spiro atoms. The number of ether oxygens (including phenoxy) is 1. The van der Waals surface area contributed by atoms with Crippen molar-refractivity contribution in [2.24, 2.45) is 5.92 Å². The van der Waals surface area contributed by atoms with Crippen molar-refractivity contribution in [3.05, 3.63) is 23.9 Å². The zero-order valence-electron chi connectivity index (χ0n) is 12.4. The summed E-state index contributed by atoms with van der Waals surface area (Å²) >= 11 is 0. The minimum Gasteiger partial charge on any atom is -0.481 e. The molecular formula is C14H21N3O4. The van der Waals surface area contributed by atoms with Crippen molar-refractivity contribution >= 4 is 12.0 Å². The number of hydrogen-bond acceptors (Lipinski definition) is 4. The van der Waals surface area contributed by atoms with Crippen LogP contribution in [0.25, 0.3) is 0 Å². The van der Waals surface area contributed by atoms with E-state index < -0.39 is 18.0 Å². The maximum Gasteiger partial charge on any atom is 0.326 e. The molecule has 0 aromatic carbocycles. The molecule has 1 rings (SSSR count). The third-order valence-electron chi connectivity index (χ3n) is 2.77. The number of rotatable bonds is 7. The predicted octanol–water partition coefficient (Wildman–Crippen LogP) is 1.39. The normalized spacial score (nSPS) is 11.8. The zero-order valence-corrected chi connectivity index (χ0v) is 12.4. The lowest BCUT2D eigenvalue weighted by Crippen LogP contribution is -2.46. The number of carbonyl (C=O) groups excluding carboxylic acids is 1. The second-order valence-corrected chi connectivity index (χ2v) is 5.05. The van der Waals surface area contributed by atoms with Crippen LogP contribution in [0.15, 0.2) is 18.3 Å². The van der Waals surface area contributed by atoms with E-state index in [1.165, 1.54) is 7.11 Å². The Kier molecular flexibility index (Phi) is 6.45. The lowest BCUT2D eigenvalue weighted by atomic mass is 10.0. The highest BCUT2D eigenvalue weighted by Crippen LogP contribution is 2.08. The standard InChI is InChI=1S/C14H21N3O4/c1-9(2)6-11(13(18)19)17-14(20)16-8-10-4-5-15-12(7-10)21-3/h4-5,7,9,11H,6,8H2,1-3H3,(H,18,19)(H2,16,17,20)/t11-/m0/s1. The number of nitrogens with zero attached hydrogens (tertiary/aromatic N) is 1. The topological polar surface area (TPSA) is 101 Å². The largest absolute Gasteiger partial charge is 0.481 e. The number of methoxy groups -OCH3 is 1. The first-order valence-corrected chi connectivity index (χ1v) is 6.68. The zero-order chi connectivity index (χ0) is 15.8. The van der Waals surface area contributed by atoms with Crippen LogP contribution in [0, 0.1) is 5.92 Å². The SMILES string of the molecule is COc1cc(CNC(=O)N[C@@H](CC(C)C)C(=O)O)ccn1. The Hall–Kier alpha value is -2.31. The summed E-state index contributed by atoms with van der Waals surface area (Å²) in [4.78, 5) is 26.8. The maximum atomic E-state index is 11.7. The Morgan fingerprint density at radius 2 is 2.14 bits per heavy atom. The first kappa shape index (κ1) is 16.7. The van der Waals surface area contributed by atoms with E-state index in [-0.39, 0.29) is 12.5 Å². The number of aromatic nitrogens is 1. The van der Waals surface area contributed by atoms with Crippen molar-refractivity contribution in [2.75, 3.05) is 7.11 Å². The van der Waals surface area contributed by atoms with Crippen LogP contribution in [-0.4, -0.2) is 35.2 Å². The number of urea groups is 1. The predicted molar refractivity (Wildman–Crippen MR) is 77.0 cm³/mol. The summed E-state index contributed by atoms with van der Waals surface area (Å²) in [5.41, 5.74) is 0.813. The molecular weight excluding hydrogens is 274 g/mol. The fourth-order valence-electron chi connectivity index (χ4n) is 1.76. The first-order chi connectivity index (χ1) is 9.92. The van der Waals surface area contributed by atoms with Crippen molar-refractivity contribution < 1.29 is 19.4 Å². The summed E-state index contributed by atoms with van der Waals surface area (Å²) in [6.07, 6.45) is 1.96. The fourth-order valence-corrected chi connectivity index (χ4v) is 1.76. The van der Waals surface area contributed by atoms with Gasteiger partial charge in [0.05, 0.1) is 7.11 Å². The van der Waals surface area contributed by atoms with Gasteiger partial charge >= 0.3 is 12.0 Å². The van der Waals surface area contributed by atoms with Crippen molar-refractivity contribution in [1.82, 2.24) is 15.6 Å². The van der Waals surface area contributed by atoms with Crippen LogP contribution >= 0.6 is 0 Å². The van der Waals surface area contributed by atoms with E-state index in [4.69, 9.17) is 9.84 Å². The minimum atomic E-state index is -1.04. The van der Waals surface area contributed by atoms with E-state index in [2.05, 4.69) is 15.6 Å². The van der Waals surface area contributed by atoms with Crippen molar-refractivity contribution in [2.45, 2.75) is 32.9 Å². The Morgan fingerprint density at radius 1 is 1.43 bits per heavy atom. The van der Waals surface area contributed by atoms with Gasteiger partial charge < -0.3 is 20.5 Å². The molecule has 1 heterocycles. The molecule has 0 aliphatic rings. The summed E-state index contributed by atoms with van der Waals surface area (Å²) in [6.45, 7) is 4.07. The first-order valence-electron chi connectivity index (χ1n) is 6.68. The molecule has 7 heteroatoms. The summed E-state index contributed by atoms with van der Waals surface area (Å²) in [6, 6.07) is 2.03. The van der Waals surface area contributed by atoms with Gasteiger partial charge in [0.15, 0.2) is 0 Å². The van der Waals surface area contributed by atoms with Gasteiger partial charge in [0.25, 0.3) is 0 Å². The van der Waals surface area contributed by atoms with Gasteiger partial charge in [-0.15, -0.1) is 0 Å². The number of amides is 2. The number of nitrogens with one attached hydrogen (secondary N) is 2. The van der Waals surface area contributed by atoms with Gasteiger partial charge in [-0.1, -0.05) is 13.8 Å². The number of carboxylic acids is 1. The lowest BCUT2D eigenvalue weighted by Gasteiger charge is -2.17. The van der Waals surface area contributed by atoms with Gasteiger partial charge in [0.1, 0.15) is 6.04 Å². The van der Waals surface area contributed by atoms with E-state index in [1.807, 2.05) is 13.8 Å². The van der Waals surface area contributed by atoms with Crippen molar-refractivity contribution in [3.8, 4) is 5.88 Å². The molecule has 0 saturated carbocycles. The molecule has 0 unspecified atom stereocenters. The molecule has 0 bridgehead atoms. The van der Waals surface area contributed by atoms with Crippen molar-refractivity contribution in [1.29, 1.82) is 0 Å². The molecule has 0 aliphatic carbocycles. The number of pyridine rings is 1. The van der Waals surface area contributed by atoms with Crippen LogP contribution in [0.1, 0.15) is 25.8 Å². The Labute approximate surface area is 123 Å². The minimum absolute atomic E-state index is 0.177. The lowest BCUT2D eigenvalue weighted by molar-refractivity contribution is -0.139. The monoisotopic (exact) mass is 295 g/mol. The van der Waals surface area contributed by atoms with Crippen molar-refractivity contribution in [3.63, 3.8) is 0 Å². The highest BCUT2D eigenvalue weighted by Gasteiger charge is 2.20. The molecule has 0 saturated heterocycles. The van der Waals surface area contributed by atoms with E-state index in [1.54, 1.807) is 18.3 Å². The third-order valence-corrected chi connectivity index (χ3v) is 2.77. The van der Waals surface area contributed by atoms with Crippen LogP contribution in [0.5, 0.6) is 5.88 Å². The quantitative estimate of drug-likeness (QED) is 0.705. The van der Waals surface area contributed by atoms with Gasteiger partial charge in [-0.2, -0.15) is 0 Å². The summed E-state index contributed by atoms with van der Waals surface area (Å²) in [7, 11) is 1.51. The molecule has 116 valence electrons. The number of hydrogen-bond donors (Lipinski definition) is 3. The van der Waals surface area contributed by atoms with E-state index >= 15 is 0 Å². The van der Waals surface area contributed by atoms with E-state index in [0.717, 1.165) is 5.56 Å². The molecule has 1 aromatic rings. The highest BCUT2D eigenvalue weighted by molar-refractivity contribution is 5.82. The fraction of sp³-hybridized carbons (Fsp3) is 0.500. The Morgan fingerprint density at radius 3 is 2.71 bits per heavy atom. The second kappa shape index (κ2) is 8.08. The maximum absolute atomic E-state index is 11.7. The molecule has 1 aromatic heterocycles. The third kappa shape index (κ3) is 6.11. The average Bonchev–Trinajstić information content (AvgIpc) is 2.44. The van der Waals surface area contributed by atoms with Crippen LogP contribution in [0.2, 0.25) is 0 Å². The summed E-state index contributed by atoms with van der Waals surface area (Å²) in [5.74, 6) is -0.404. The molecule has 3 N–H and O–H groups in total. The molecule has 0 aliphatic heterocycles. The molecule has 21 heavy (non-hydrogen) atoms. The van der Waals surface area contributed by atoms with Crippen LogP contribution < -0.4 is 15.4 Å². The van der Waals surface area contributed by atoms with Crippen LogP contribution in [0.3, 0.4) is 0 Å². The number of aliphatic carboxylic acids is 1. The second-order valence-electron chi connectivity index (χ2n) is 5.05. The summed E-state index contributed by atoms with van der Waals surface area (Å²) in [5, 5.41) is 14.1. The highest BCUT2D eigenvalue weighted by atomic mass is 16.5. The summed E-state index contributed by atoms with van der Waals surface area (Å²) < 4.78 is 4.98. The molecule has 7 nitrogen and oxygen atoms in total. The van der Waals surface area contributed by atoms with E-state index in [0.29, 0.717) is 12.3 Å². The number of carbonyl (C=O) groups is 2. The van der Waals surface area contributed by atoms with Gasteiger partial charge in [-0.05, 0) is 24.0 Å². The van der Waals surface area contributed by atoms with Crippen LogP contribution in [-0.2, 0) is 11.3 Å². The number of carboxylic acid groups (broad SMARTS) is 1. The van der Waals surface area contributed by atoms with E-state index in [9.17, 15) is 9.59 Å². The van der Waals surface area contributed by atoms with Gasteiger partial charge in [-0.25, -0.2) is 14.6 Å².